The summed E-state index contributed by atoms with van der Waals surface area (Å²) in [5, 5.41) is 1.77. The summed E-state index contributed by atoms with van der Waals surface area (Å²) >= 11 is 7.17. The van der Waals surface area contributed by atoms with E-state index in [0.717, 1.165) is 6.42 Å². The fraction of sp³-hybridized carbons (Fsp3) is 0.250. The third-order valence-corrected chi connectivity index (χ3v) is 5.51. The number of thioether (sulfide) groups is 1. The van der Waals surface area contributed by atoms with Gasteiger partial charge in [-0.2, -0.15) is 0 Å². The highest BCUT2D eigenvalue weighted by Gasteiger charge is 2.17. The number of hydrogen-bond acceptors (Lipinski definition) is 4. The molecule has 1 aromatic heterocycles. The zero-order valence-electron chi connectivity index (χ0n) is 14.6. The van der Waals surface area contributed by atoms with Crippen molar-refractivity contribution in [3.05, 3.63) is 69.5 Å². The van der Waals surface area contributed by atoms with Gasteiger partial charge < -0.3 is 0 Å². The quantitative estimate of drug-likeness (QED) is 0.340. The maximum atomic E-state index is 12.9. The second kappa shape index (κ2) is 8.06. The summed E-state index contributed by atoms with van der Waals surface area (Å²) < 4.78 is 1.70. The molecule has 1 heterocycles. The number of benzene rings is 2. The topological polar surface area (TPSA) is 52.0 Å². The van der Waals surface area contributed by atoms with E-state index < -0.39 is 0 Å². The average Bonchev–Trinajstić information content (AvgIpc) is 2.66. The van der Waals surface area contributed by atoms with Crippen LogP contribution in [0.5, 0.6) is 0 Å². The average molecular weight is 387 g/mol. The van der Waals surface area contributed by atoms with E-state index in [1.165, 1.54) is 11.8 Å². The SMILES string of the molecule is CC[C@@H](C)n1c(SCC(=O)c2ccc(Cl)cc2)nc2ccccc2c1=O. The Balaban J connectivity index is 1.94. The number of nitrogens with zero attached hydrogens (tertiary/aromatic N) is 2. The molecule has 6 heteroatoms. The van der Waals surface area contributed by atoms with Crippen LogP contribution in [0.4, 0.5) is 0 Å². The molecule has 4 nitrogen and oxygen atoms in total. The molecule has 0 bridgehead atoms. The maximum absolute atomic E-state index is 12.9. The van der Waals surface area contributed by atoms with Gasteiger partial charge in [-0.3, -0.25) is 14.2 Å². The van der Waals surface area contributed by atoms with Gasteiger partial charge in [0.1, 0.15) is 0 Å². The summed E-state index contributed by atoms with van der Waals surface area (Å²) in [7, 11) is 0. The Labute approximate surface area is 161 Å². The number of fused-ring (bicyclic) bond motifs is 1. The van der Waals surface area contributed by atoms with Crippen molar-refractivity contribution < 1.29 is 4.79 Å². The number of aromatic nitrogens is 2. The van der Waals surface area contributed by atoms with E-state index in [1.54, 1.807) is 34.9 Å². The van der Waals surface area contributed by atoms with Crippen LogP contribution in [0.2, 0.25) is 5.02 Å². The number of para-hydroxylation sites is 1. The van der Waals surface area contributed by atoms with Crippen molar-refractivity contribution in [2.75, 3.05) is 5.75 Å². The molecule has 26 heavy (non-hydrogen) atoms. The second-order valence-corrected chi connectivity index (χ2v) is 7.44. The van der Waals surface area contributed by atoms with Gasteiger partial charge in [0.15, 0.2) is 10.9 Å². The summed E-state index contributed by atoms with van der Waals surface area (Å²) in [5.74, 6) is 0.188. The molecule has 1 atom stereocenters. The summed E-state index contributed by atoms with van der Waals surface area (Å²) in [4.78, 5) is 30.0. The van der Waals surface area contributed by atoms with Crippen molar-refractivity contribution in [3.63, 3.8) is 0 Å². The predicted octanol–water partition coefficient (Wildman–Crippen LogP) is 5.00. The summed E-state index contributed by atoms with van der Waals surface area (Å²) in [6.07, 6.45) is 0.804. The molecule has 0 unspecified atom stereocenters. The van der Waals surface area contributed by atoms with Crippen LogP contribution < -0.4 is 5.56 Å². The van der Waals surface area contributed by atoms with E-state index >= 15 is 0 Å². The Kier molecular flexibility index (Phi) is 5.79. The first kappa shape index (κ1) is 18.7. The van der Waals surface area contributed by atoms with Gasteiger partial charge in [-0.05, 0) is 49.7 Å². The minimum atomic E-state index is -0.0635. The zero-order chi connectivity index (χ0) is 18.7. The number of rotatable bonds is 6. The molecule has 0 amide bonds. The first-order valence-corrected chi connectivity index (χ1v) is 9.80. The lowest BCUT2D eigenvalue weighted by molar-refractivity contribution is 0.102. The smallest absolute Gasteiger partial charge is 0.262 e. The lowest BCUT2D eigenvalue weighted by Crippen LogP contribution is -2.26. The highest BCUT2D eigenvalue weighted by molar-refractivity contribution is 7.99. The Morgan fingerprint density at radius 1 is 1.19 bits per heavy atom. The fourth-order valence-corrected chi connectivity index (χ4v) is 3.77. The van der Waals surface area contributed by atoms with E-state index in [4.69, 9.17) is 11.6 Å². The maximum Gasteiger partial charge on any atom is 0.262 e. The van der Waals surface area contributed by atoms with E-state index in [2.05, 4.69) is 4.98 Å². The molecule has 0 saturated heterocycles. The summed E-state index contributed by atoms with van der Waals surface area (Å²) in [6.45, 7) is 4.02. The molecule has 2 aromatic carbocycles. The molecular formula is C20H19ClN2O2S. The standard InChI is InChI=1S/C20H19ClN2O2S/c1-3-13(2)23-19(25)16-6-4-5-7-17(16)22-20(23)26-12-18(24)14-8-10-15(21)11-9-14/h4-11,13H,3,12H2,1-2H3/t13-/m1/s1. The Bertz CT molecular complexity index is 999. The lowest BCUT2D eigenvalue weighted by Gasteiger charge is -2.18. The summed E-state index contributed by atoms with van der Waals surface area (Å²) in [6, 6.07) is 14.1. The molecule has 3 rings (SSSR count). The van der Waals surface area contributed by atoms with Crippen LogP contribution in [0.15, 0.2) is 58.5 Å². The van der Waals surface area contributed by atoms with Gasteiger partial charge in [0.05, 0.1) is 16.7 Å². The molecule has 0 fully saturated rings. The van der Waals surface area contributed by atoms with Gasteiger partial charge in [-0.1, -0.05) is 42.4 Å². The monoisotopic (exact) mass is 386 g/mol. The number of carbonyl (C=O) groups excluding carboxylic acids is 1. The normalized spacial score (nSPS) is 12.3. The van der Waals surface area contributed by atoms with E-state index in [0.29, 0.717) is 26.6 Å². The number of halogens is 1. The highest BCUT2D eigenvalue weighted by Crippen LogP contribution is 2.23. The van der Waals surface area contributed by atoms with E-state index in [1.807, 2.05) is 32.0 Å². The first-order chi connectivity index (χ1) is 12.5. The van der Waals surface area contributed by atoms with Crippen molar-refractivity contribution >= 4 is 40.0 Å². The number of ketones is 1. The number of carbonyl (C=O) groups is 1. The molecule has 0 aliphatic carbocycles. The van der Waals surface area contributed by atoms with Gasteiger partial charge in [-0.15, -0.1) is 0 Å². The molecule has 0 N–H and O–H groups in total. The van der Waals surface area contributed by atoms with Gasteiger partial charge in [0, 0.05) is 16.6 Å². The van der Waals surface area contributed by atoms with Crippen molar-refractivity contribution in [2.24, 2.45) is 0 Å². The lowest BCUT2D eigenvalue weighted by atomic mass is 10.1. The molecule has 0 aliphatic heterocycles. The van der Waals surface area contributed by atoms with Crippen LogP contribution in [0.1, 0.15) is 36.7 Å². The van der Waals surface area contributed by atoms with Gasteiger partial charge in [0.2, 0.25) is 0 Å². The Morgan fingerprint density at radius 3 is 2.58 bits per heavy atom. The fourth-order valence-electron chi connectivity index (χ4n) is 2.65. The third-order valence-electron chi connectivity index (χ3n) is 4.31. The van der Waals surface area contributed by atoms with Crippen LogP contribution in [0.3, 0.4) is 0 Å². The van der Waals surface area contributed by atoms with Gasteiger partial charge in [-0.25, -0.2) is 4.98 Å². The van der Waals surface area contributed by atoms with Crippen LogP contribution in [0, 0.1) is 0 Å². The first-order valence-electron chi connectivity index (χ1n) is 8.44. The van der Waals surface area contributed by atoms with Crippen molar-refractivity contribution in [1.82, 2.24) is 9.55 Å². The molecule has 0 aliphatic rings. The third kappa shape index (κ3) is 3.84. The van der Waals surface area contributed by atoms with Crippen LogP contribution in [-0.2, 0) is 0 Å². The van der Waals surface area contributed by atoms with Crippen LogP contribution in [0.25, 0.3) is 10.9 Å². The van der Waals surface area contributed by atoms with Gasteiger partial charge in [0.25, 0.3) is 5.56 Å². The number of Topliss-reactive ketones (excluding diaryl/α,β-unsaturated/α-hetero) is 1. The van der Waals surface area contributed by atoms with E-state index in [-0.39, 0.29) is 23.1 Å². The van der Waals surface area contributed by atoms with Crippen molar-refractivity contribution in [3.8, 4) is 0 Å². The van der Waals surface area contributed by atoms with Crippen molar-refractivity contribution in [1.29, 1.82) is 0 Å². The molecular weight excluding hydrogens is 368 g/mol. The summed E-state index contributed by atoms with van der Waals surface area (Å²) in [5.41, 5.74) is 1.19. The molecule has 134 valence electrons. The zero-order valence-corrected chi connectivity index (χ0v) is 16.2. The highest BCUT2D eigenvalue weighted by atomic mass is 35.5. The van der Waals surface area contributed by atoms with Crippen molar-refractivity contribution in [2.45, 2.75) is 31.5 Å². The Hall–Kier alpha value is -2.11. The predicted molar refractivity (Wildman–Crippen MR) is 108 cm³/mol. The molecule has 0 spiro atoms. The second-order valence-electron chi connectivity index (χ2n) is 6.06. The largest absolute Gasteiger partial charge is 0.293 e. The van der Waals surface area contributed by atoms with Crippen LogP contribution >= 0.6 is 23.4 Å². The van der Waals surface area contributed by atoms with Gasteiger partial charge >= 0.3 is 0 Å². The molecule has 3 aromatic rings. The van der Waals surface area contributed by atoms with E-state index in [9.17, 15) is 9.59 Å². The molecule has 0 saturated carbocycles. The molecule has 0 radical (unpaired) electrons. The minimum absolute atomic E-state index is 0.00717. The van der Waals surface area contributed by atoms with Crippen LogP contribution in [-0.4, -0.2) is 21.1 Å². The minimum Gasteiger partial charge on any atom is -0.293 e. The number of hydrogen-bond donors (Lipinski definition) is 0. The Morgan fingerprint density at radius 2 is 1.88 bits per heavy atom.